The van der Waals surface area contributed by atoms with Crippen molar-refractivity contribution in [3.05, 3.63) is 0 Å². The van der Waals surface area contributed by atoms with Gasteiger partial charge >= 0.3 is 0 Å². The Kier molecular flexibility index (Phi) is 1.65. The van der Waals surface area contributed by atoms with Crippen LogP contribution in [0.1, 0.15) is 25.7 Å². The maximum atomic E-state index is 5.08. The third-order valence-electron chi connectivity index (χ3n) is 2.41. The summed E-state index contributed by atoms with van der Waals surface area (Å²) < 4.78 is 1.02. The highest BCUT2D eigenvalue weighted by Crippen LogP contribution is 2.37. The summed E-state index contributed by atoms with van der Waals surface area (Å²) in [6, 6.07) is 0. The van der Waals surface area contributed by atoms with Crippen LogP contribution in [0, 0.1) is 0 Å². The molecule has 2 aliphatic rings. The van der Waals surface area contributed by atoms with Gasteiger partial charge in [-0.2, -0.15) is 0 Å². The zero-order valence-electron chi connectivity index (χ0n) is 5.85. The first-order valence-electron chi connectivity index (χ1n) is 3.76. The average Bonchev–Trinajstić information content (AvgIpc) is 2.46. The highest BCUT2D eigenvalue weighted by atomic mass is 32.2. The van der Waals surface area contributed by atoms with E-state index in [0.717, 1.165) is 4.32 Å². The summed E-state index contributed by atoms with van der Waals surface area (Å²) in [6.07, 6.45) is 5.44. The monoisotopic (exact) mass is 173 g/mol. The molecule has 1 aliphatic heterocycles. The molecule has 0 aromatic carbocycles. The molecule has 0 aromatic rings. The SMILES string of the molecule is S=C1NC2(CCCC2)CS1. The van der Waals surface area contributed by atoms with Gasteiger partial charge in [-0.3, -0.25) is 0 Å². The fraction of sp³-hybridized carbons (Fsp3) is 0.857. The van der Waals surface area contributed by atoms with Crippen molar-refractivity contribution in [2.75, 3.05) is 5.75 Å². The van der Waals surface area contributed by atoms with Gasteiger partial charge in [-0.1, -0.05) is 36.8 Å². The fourth-order valence-corrected chi connectivity index (χ4v) is 3.26. The van der Waals surface area contributed by atoms with Crippen LogP contribution >= 0.6 is 24.0 Å². The second-order valence-electron chi connectivity index (χ2n) is 3.19. The Morgan fingerprint density at radius 2 is 2.10 bits per heavy atom. The van der Waals surface area contributed by atoms with Gasteiger partial charge in [-0.15, -0.1) is 0 Å². The first-order chi connectivity index (χ1) is 4.81. The van der Waals surface area contributed by atoms with Gasteiger partial charge in [-0.05, 0) is 12.8 Å². The molecule has 1 heterocycles. The van der Waals surface area contributed by atoms with Crippen LogP contribution in [-0.4, -0.2) is 15.6 Å². The first-order valence-corrected chi connectivity index (χ1v) is 5.15. The van der Waals surface area contributed by atoms with E-state index >= 15 is 0 Å². The van der Waals surface area contributed by atoms with Gasteiger partial charge in [0, 0.05) is 11.3 Å². The van der Waals surface area contributed by atoms with Crippen molar-refractivity contribution >= 4 is 28.3 Å². The molecular formula is C7H11NS2. The van der Waals surface area contributed by atoms with E-state index in [1.807, 2.05) is 11.8 Å². The van der Waals surface area contributed by atoms with Crippen molar-refractivity contribution in [2.45, 2.75) is 31.2 Å². The van der Waals surface area contributed by atoms with E-state index in [4.69, 9.17) is 12.2 Å². The molecule has 2 rings (SSSR count). The zero-order valence-corrected chi connectivity index (χ0v) is 7.49. The van der Waals surface area contributed by atoms with Crippen LogP contribution in [0.3, 0.4) is 0 Å². The van der Waals surface area contributed by atoms with E-state index in [0.29, 0.717) is 5.54 Å². The van der Waals surface area contributed by atoms with E-state index in [1.165, 1.54) is 31.4 Å². The Labute approximate surface area is 70.9 Å². The van der Waals surface area contributed by atoms with Crippen LogP contribution in [0.15, 0.2) is 0 Å². The minimum absolute atomic E-state index is 0.432. The summed E-state index contributed by atoms with van der Waals surface area (Å²) in [5.41, 5.74) is 0.432. The largest absolute Gasteiger partial charge is 0.365 e. The average molecular weight is 173 g/mol. The molecule has 0 unspecified atom stereocenters. The second kappa shape index (κ2) is 2.38. The molecule has 0 atom stereocenters. The van der Waals surface area contributed by atoms with Crippen LogP contribution in [0.2, 0.25) is 0 Å². The van der Waals surface area contributed by atoms with Gasteiger partial charge < -0.3 is 5.32 Å². The predicted molar refractivity (Wildman–Crippen MR) is 49.4 cm³/mol. The van der Waals surface area contributed by atoms with Crippen molar-refractivity contribution in [2.24, 2.45) is 0 Å². The van der Waals surface area contributed by atoms with Crippen molar-refractivity contribution in [3.8, 4) is 0 Å². The molecule has 56 valence electrons. The lowest BCUT2D eigenvalue weighted by molar-refractivity contribution is 0.455. The maximum absolute atomic E-state index is 5.08. The fourth-order valence-electron chi connectivity index (χ4n) is 1.81. The number of nitrogens with one attached hydrogen (secondary N) is 1. The number of hydrogen-bond acceptors (Lipinski definition) is 2. The van der Waals surface area contributed by atoms with E-state index in [1.54, 1.807) is 0 Å². The molecule has 1 saturated carbocycles. The zero-order chi connectivity index (χ0) is 7.03. The van der Waals surface area contributed by atoms with E-state index in [2.05, 4.69) is 5.32 Å². The predicted octanol–water partition coefficient (Wildman–Crippen LogP) is 1.92. The van der Waals surface area contributed by atoms with Crippen molar-refractivity contribution < 1.29 is 0 Å². The van der Waals surface area contributed by atoms with Crippen LogP contribution in [0.4, 0.5) is 0 Å². The van der Waals surface area contributed by atoms with Crippen LogP contribution < -0.4 is 5.32 Å². The van der Waals surface area contributed by atoms with Crippen molar-refractivity contribution in [1.82, 2.24) is 5.32 Å². The molecule has 2 fully saturated rings. The molecule has 3 heteroatoms. The molecule has 1 spiro atoms. The smallest absolute Gasteiger partial charge is 0.134 e. The van der Waals surface area contributed by atoms with Gasteiger partial charge in [-0.25, -0.2) is 0 Å². The molecule has 0 aromatic heterocycles. The van der Waals surface area contributed by atoms with Gasteiger partial charge in [0.25, 0.3) is 0 Å². The van der Waals surface area contributed by atoms with Crippen LogP contribution in [0.5, 0.6) is 0 Å². The summed E-state index contributed by atoms with van der Waals surface area (Å²) in [7, 11) is 0. The molecular weight excluding hydrogens is 162 g/mol. The molecule has 0 radical (unpaired) electrons. The quantitative estimate of drug-likeness (QED) is 0.562. The van der Waals surface area contributed by atoms with Crippen LogP contribution in [-0.2, 0) is 0 Å². The van der Waals surface area contributed by atoms with E-state index in [9.17, 15) is 0 Å². The van der Waals surface area contributed by atoms with Gasteiger partial charge in [0.1, 0.15) is 4.32 Å². The molecule has 1 aliphatic carbocycles. The Balaban J connectivity index is 2.09. The molecule has 1 N–H and O–H groups in total. The molecule has 0 amide bonds. The van der Waals surface area contributed by atoms with Gasteiger partial charge in [0.2, 0.25) is 0 Å². The Morgan fingerprint density at radius 3 is 2.60 bits per heavy atom. The highest BCUT2D eigenvalue weighted by Gasteiger charge is 2.38. The maximum Gasteiger partial charge on any atom is 0.134 e. The molecule has 1 nitrogen and oxygen atoms in total. The molecule has 1 saturated heterocycles. The van der Waals surface area contributed by atoms with Gasteiger partial charge in [0.05, 0.1) is 0 Å². The number of rotatable bonds is 0. The third-order valence-corrected chi connectivity index (χ3v) is 3.92. The summed E-state index contributed by atoms with van der Waals surface area (Å²) in [5.74, 6) is 1.21. The summed E-state index contributed by atoms with van der Waals surface area (Å²) >= 11 is 6.89. The lowest BCUT2D eigenvalue weighted by Crippen LogP contribution is -2.40. The second-order valence-corrected chi connectivity index (χ2v) is 4.84. The van der Waals surface area contributed by atoms with Crippen molar-refractivity contribution in [3.63, 3.8) is 0 Å². The lowest BCUT2D eigenvalue weighted by Gasteiger charge is -2.21. The minimum Gasteiger partial charge on any atom is -0.365 e. The molecule has 10 heavy (non-hydrogen) atoms. The standard InChI is InChI=1S/C7H11NS2/c9-6-8-7(5-10-6)3-1-2-4-7/h1-5H2,(H,8,9). The number of hydrogen-bond donors (Lipinski definition) is 1. The summed E-state index contributed by atoms with van der Waals surface area (Å²) in [5, 5.41) is 3.42. The van der Waals surface area contributed by atoms with E-state index in [-0.39, 0.29) is 0 Å². The Morgan fingerprint density at radius 1 is 1.40 bits per heavy atom. The topological polar surface area (TPSA) is 12.0 Å². The first kappa shape index (κ1) is 6.92. The normalized spacial score (nSPS) is 29.4. The Bertz CT molecular complexity index is 161. The van der Waals surface area contributed by atoms with E-state index < -0.39 is 0 Å². The minimum atomic E-state index is 0.432. The lowest BCUT2D eigenvalue weighted by atomic mass is 10.0. The molecule has 0 bridgehead atoms. The van der Waals surface area contributed by atoms with Crippen LogP contribution in [0.25, 0.3) is 0 Å². The highest BCUT2D eigenvalue weighted by molar-refractivity contribution is 8.23. The number of thioether (sulfide) groups is 1. The van der Waals surface area contributed by atoms with Crippen molar-refractivity contribution in [1.29, 1.82) is 0 Å². The number of thiocarbonyl (C=S) groups is 1. The summed E-state index contributed by atoms with van der Waals surface area (Å²) in [4.78, 5) is 0. The Hall–Kier alpha value is 0.240. The third kappa shape index (κ3) is 1.05. The summed E-state index contributed by atoms with van der Waals surface area (Å²) in [6.45, 7) is 0. The van der Waals surface area contributed by atoms with Gasteiger partial charge in [0.15, 0.2) is 0 Å².